The van der Waals surface area contributed by atoms with Gasteiger partial charge in [-0.3, -0.25) is 20.4 Å². The molecule has 4 nitrogen and oxygen atoms in total. The fraction of sp³-hybridized carbons (Fsp3) is 0.125. The van der Waals surface area contributed by atoms with Crippen LogP contribution in [-0.2, 0) is 4.79 Å². The van der Waals surface area contributed by atoms with Crippen LogP contribution >= 0.6 is 39.3 Å². The van der Waals surface area contributed by atoms with Crippen LogP contribution in [0.25, 0.3) is 0 Å². The van der Waals surface area contributed by atoms with E-state index in [0.29, 0.717) is 27.2 Å². The van der Waals surface area contributed by atoms with Gasteiger partial charge in [-0.2, -0.15) is 0 Å². The van der Waals surface area contributed by atoms with Gasteiger partial charge >= 0.3 is 0 Å². The van der Waals surface area contributed by atoms with Gasteiger partial charge in [-0.05, 0) is 52.3 Å². The van der Waals surface area contributed by atoms with Crippen LogP contribution in [-0.4, -0.2) is 17.6 Å². The lowest BCUT2D eigenvalue weighted by molar-refractivity contribution is -0.121. The molecule has 2 aromatic rings. The third kappa shape index (κ3) is 5.89. The standard InChI is InChI=1S/C16H14BrClN2O2S/c17-14-4-2-1-3-13(14)16(22)20-19-15(21)9-10-23-12-7-5-11(18)6-8-12/h1-8H,9-10H2,(H,19,21)(H,20,22). The second kappa shape index (κ2) is 8.96. The minimum Gasteiger partial charge on any atom is -0.273 e. The Morgan fingerprint density at radius 2 is 1.74 bits per heavy atom. The molecule has 0 saturated carbocycles. The minimum atomic E-state index is -0.365. The number of thioether (sulfide) groups is 1. The molecule has 0 spiro atoms. The fourth-order valence-electron chi connectivity index (χ4n) is 1.69. The summed E-state index contributed by atoms with van der Waals surface area (Å²) >= 11 is 10.7. The van der Waals surface area contributed by atoms with Gasteiger partial charge in [-0.25, -0.2) is 0 Å². The largest absolute Gasteiger partial charge is 0.273 e. The summed E-state index contributed by atoms with van der Waals surface area (Å²) in [5, 5.41) is 0.682. The van der Waals surface area contributed by atoms with Crippen LogP contribution in [0.4, 0.5) is 0 Å². The van der Waals surface area contributed by atoms with Crippen molar-refractivity contribution < 1.29 is 9.59 Å². The molecule has 120 valence electrons. The maximum Gasteiger partial charge on any atom is 0.270 e. The molecular formula is C16H14BrClN2O2S. The summed E-state index contributed by atoms with van der Waals surface area (Å²) in [5.74, 6) is 0.00120. The predicted molar refractivity (Wildman–Crippen MR) is 96.5 cm³/mol. The molecule has 2 rings (SSSR count). The van der Waals surface area contributed by atoms with Crippen molar-refractivity contribution in [1.29, 1.82) is 0 Å². The lowest BCUT2D eigenvalue weighted by Gasteiger charge is -2.08. The van der Waals surface area contributed by atoms with Crippen molar-refractivity contribution >= 4 is 51.1 Å². The number of hydrogen-bond acceptors (Lipinski definition) is 3. The van der Waals surface area contributed by atoms with Crippen molar-refractivity contribution in [2.45, 2.75) is 11.3 Å². The van der Waals surface area contributed by atoms with E-state index in [2.05, 4.69) is 26.8 Å². The number of benzene rings is 2. The molecule has 0 saturated heterocycles. The van der Waals surface area contributed by atoms with Gasteiger partial charge in [0.25, 0.3) is 5.91 Å². The minimum absolute atomic E-state index is 0.244. The first-order valence-corrected chi connectivity index (χ1v) is 8.94. The Morgan fingerprint density at radius 3 is 2.43 bits per heavy atom. The topological polar surface area (TPSA) is 58.2 Å². The summed E-state index contributed by atoms with van der Waals surface area (Å²) < 4.78 is 0.671. The lowest BCUT2D eigenvalue weighted by atomic mass is 10.2. The molecule has 0 bridgehead atoms. The summed E-state index contributed by atoms with van der Waals surface area (Å²) in [5.41, 5.74) is 5.27. The van der Waals surface area contributed by atoms with E-state index in [-0.39, 0.29) is 11.8 Å². The molecule has 23 heavy (non-hydrogen) atoms. The Kier molecular flexibility index (Phi) is 6.95. The molecule has 0 fully saturated rings. The molecule has 0 unspecified atom stereocenters. The second-order valence-corrected chi connectivity index (χ2v) is 6.99. The highest BCUT2D eigenvalue weighted by Gasteiger charge is 2.10. The van der Waals surface area contributed by atoms with Crippen LogP contribution in [0.15, 0.2) is 57.9 Å². The number of carbonyl (C=O) groups is 2. The van der Waals surface area contributed by atoms with Gasteiger partial charge in [-0.1, -0.05) is 23.7 Å². The second-order valence-electron chi connectivity index (χ2n) is 4.53. The van der Waals surface area contributed by atoms with Crippen molar-refractivity contribution in [3.05, 3.63) is 63.6 Å². The van der Waals surface area contributed by atoms with Gasteiger partial charge in [-0.15, -0.1) is 11.8 Å². The Morgan fingerprint density at radius 1 is 1.04 bits per heavy atom. The van der Waals surface area contributed by atoms with Gasteiger partial charge in [0, 0.05) is 26.6 Å². The third-order valence-electron chi connectivity index (χ3n) is 2.85. The molecule has 0 radical (unpaired) electrons. The highest BCUT2D eigenvalue weighted by molar-refractivity contribution is 9.10. The monoisotopic (exact) mass is 412 g/mol. The average molecular weight is 414 g/mol. The van der Waals surface area contributed by atoms with Crippen molar-refractivity contribution in [3.8, 4) is 0 Å². The number of hydrazine groups is 1. The van der Waals surface area contributed by atoms with Crippen LogP contribution in [0, 0.1) is 0 Å². The first-order valence-electron chi connectivity index (χ1n) is 6.78. The summed E-state index contributed by atoms with van der Waals surface area (Å²) in [6.45, 7) is 0. The fourth-order valence-corrected chi connectivity index (χ4v) is 3.14. The maximum absolute atomic E-state index is 11.9. The number of rotatable bonds is 5. The summed E-state index contributed by atoms with van der Waals surface area (Å²) in [6.07, 6.45) is 0.295. The SMILES string of the molecule is O=C(CCSc1ccc(Cl)cc1)NNC(=O)c1ccccc1Br. The zero-order valence-electron chi connectivity index (χ0n) is 12.0. The van der Waals surface area contributed by atoms with Crippen LogP contribution < -0.4 is 10.9 Å². The normalized spacial score (nSPS) is 10.2. The lowest BCUT2D eigenvalue weighted by Crippen LogP contribution is -2.41. The summed E-state index contributed by atoms with van der Waals surface area (Å²) in [6, 6.07) is 14.4. The van der Waals surface area contributed by atoms with Gasteiger partial charge in [0.2, 0.25) is 5.91 Å². The van der Waals surface area contributed by atoms with Crippen LogP contribution in [0.3, 0.4) is 0 Å². The van der Waals surface area contributed by atoms with E-state index in [1.807, 2.05) is 30.3 Å². The van der Waals surface area contributed by atoms with Crippen molar-refractivity contribution in [2.24, 2.45) is 0 Å². The first-order chi connectivity index (χ1) is 11.1. The Bertz CT molecular complexity index is 695. The number of halogens is 2. The van der Waals surface area contributed by atoms with Crippen molar-refractivity contribution in [2.75, 3.05) is 5.75 Å². The quantitative estimate of drug-likeness (QED) is 0.574. The van der Waals surface area contributed by atoms with Gasteiger partial charge < -0.3 is 0 Å². The van der Waals surface area contributed by atoms with Crippen LogP contribution in [0.1, 0.15) is 16.8 Å². The molecule has 0 heterocycles. The van der Waals surface area contributed by atoms with Gasteiger partial charge in [0.05, 0.1) is 5.56 Å². The Hall–Kier alpha value is -1.50. The van der Waals surface area contributed by atoms with E-state index in [9.17, 15) is 9.59 Å². The van der Waals surface area contributed by atoms with E-state index >= 15 is 0 Å². The molecule has 0 aromatic heterocycles. The van der Waals surface area contributed by atoms with Crippen LogP contribution in [0.2, 0.25) is 5.02 Å². The van der Waals surface area contributed by atoms with E-state index < -0.39 is 0 Å². The van der Waals surface area contributed by atoms with Crippen molar-refractivity contribution in [1.82, 2.24) is 10.9 Å². The highest BCUT2D eigenvalue weighted by Crippen LogP contribution is 2.20. The third-order valence-corrected chi connectivity index (χ3v) is 4.80. The Labute approximate surface area is 152 Å². The molecule has 2 N–H and O–H groups in total. The van der Waals surface area contributed by atoms with E-state index in [1.165, 1.54) is 0 Å². The van der Waals surface area contributed by atoms with E-state index in [1.54, 1.807) is 30.0 Å². The smallest absolute Gasteiger partial charge is 0.270 e. The summed E-state index contributed by atoms with van der Waals surface area (Å²) in [7, 11) is 0. The Balaban J connectivity index is 1.72. The van der Waals surface area contributed by atoms with Crippen LogP contribution in [0.5, 0.6) is 0 Å². The van der Waals surface area contributed by atoms with E-state index in [4.69, 9.17) is 11.6 Å². The molecular weight excluding hydrogens is 400 g/mol. The number of nitrogens with one attached hydrogen (secondary N) is 2. The zero-order chi connectivity index (χ0) is 16.7. The average Bonchev–Trinajstić information content (AvgIpc) is 2.55. The van der Waals surface area contributed by atoms with E-state index in [0.717, 1.165) is 4.90 Å². The number of hydrogen-bond donors (Lipinski definition) is 2. The molecule has 7 heteroatoms. The highest BCUT2D eigenvalue weighted by atomic mass is 79.9. The number of amides is 2. The molecule has 0 aliphatic carbocycles. The molecule has 2 aromatic carbocycles. The number of carbonyl (C=O) groups excluding carboxylic acids is 2. The predicted octanol–water partition coefficient (Wildman–Crippen LogP) is 4.05. The first kappa shape index (κ1) is 17.8. The summed E-state index contributed by atoms with van der Waals surface area (Å²) in [4.78, 5) is 24.7. The molecule has 0 atom stereocenters. The van der Waals surface area contributed by atoms with Gasteiger partial charge in [0.15, 0.2) is 0 Å². The molecule has 0 aliphatic rings. The maximum atomic E-state index is 11.9. The molecule has 0 aliphatic heterocycles. The van der Waals surface area contributed by atoms with Crippen molar-refractivity contribution in [3.63, 3.8) is 0 Å². The zero-order valence-corrected chi connectivity index (χ0v) is 15.2. The molecule has 2 amide bonds. The van der Waals surface area contributed by atoms with Gasteiger partial charge in [0.1, 0.15) is 0 Å².